The number of hydrogen-bond acceptors (Lipinski definition) is 5. The van der Waals surface area contributed by atoms with Crippen LogP contribution in [0.5, 0.6) is 5.75 Å². The van der Waals surface area contributed by atoms with E-state index in [0.29, 0.717) is 29.1 Å². The zero-order valence-electron chi connectivity index (χ0n) is 16.1. The summed E-state index contributed by atoms with van der Waals surface area (Å²) in [4.78, 5) is 17.2. The fourth-order valence-corrected chi connectivity index (χ4v) is 2.98. The molecular formula is C23H18FN3O3. The molecule has 3 aromatic carbocycles. The molecule has 0 spiro atoms. The number of halogens is 1. The standard InChI is InChI=1S/C23H18FN3O3/c1-29-18-6-4-5-15(13-18)14-25-22(28)19-7-2-3-8-20(19)23-26-21(27-30-23)16-9-11-17(24)12-10-16/h2-13H,14H2,1H3,(H,25,28). The largest absolute Gasteiger partial charge is 0.497 e. The molecule has 6 nitrogen and oxygen atoms in total. The summed E-state index contributed by atoms with van der Waals surface area (Å²) in [6, 6.07) is 20.2. The Balaban J connectivity index is 1.55. The number of nitrogens with one attached hydrogen (secondary N) is 1. The number of nitrogens with zero attached hydrogens (tertiary/aromatic N) is 2. The van der Waals surface area contributed by atoms with Gasteiger partial charge in [0.25, 0.3) is 11.8 Å². The molecule has 7 heteroatoms. The predicted octanol–water partition coefficient (Wildman–Crippen LogP) is 4.48. The zero-order valence-corrected chi connectivity index (χ0v) is 16.1. The Morgan fingerprint density at radius 1 is 1.07 bits per heavy atom. The van der Waals surface area contributed by atoms with Crippen LogP contribution in [0.15, 0.2) is 77.3 Å². The van der Waals surface area contributed by atoms with E-state index in [1.54, 1.807) is 43.5 Å². The number of ether oxygens (including phenoxy) is 1. The minimum Gasteiger partial charge on any atom is -0.497 e. The summed E-state index contributed by atoms with van der Waals surface area (Å²) >= 11 is 0. The van der Waals surface area contributed by atoms with E-state index >= 15 is 0 Å². The number of aromatic nitrogens is 2. The smallest absolute Gasteiger partial charge is 0.259 e. The monoisotopic (exact) mass is 403 g/mol. The van der Waals surface area contributed by atoms with Crippen LogP contribution in [0.25, 0.3) is 22.8 Å². The summed E-state index contributed by atoms with van der Waals surface area (Å²) in [5.41, 5.74) is 2.46. The molecule has 30 heavy (non-hydrogen) atoms. The molecule has 1 N–H and O–H groups in total. The van der Waals surface area contributed by atoms with Crippen LogP contribution in [-0.4, -0.2) is 23.2 Å². The summed E-state index contributed by atoms with van der Waals surface area (Å²) in [5.74, 6) is 0.634. The lowest BCUT2D eigenvalue weighted by Crippen LogP contribution is -2.23. The fraction of sp³-hybridized carbons (Fsp3) is 0.0870. The van der Waals surface area contributed by atoms with Crippen molar-refractivity contribution in [1.29, 1.82) is 0 Å². The van der Waals surface area contributed by atoms with Gasteiger partial charge >= 0.3 is 0 Å². The quantitative estimate of drug-likeness (QED) is 0.514. The Morgan fingerprint density at radius 2 is 1.87 bits per heavy atom. The van der Waals surface area contributed by atoms with E-state index in [1.807, 2.05) is 24.3 Å². The Morgan fingerprint density at radius 3 is 2.67 bits per heavy atom. The van der Waals surface area contributed by atoms with Crippen molar-refractivity contribution in [3.63, 3.8) is 0 Å². The molecule has 4 rings (SSSR count). The van der Waals surface area contributed by atoms with Crippen molar-refractivity contribution in [3.8, 4) is 28.6 Å². The lowest BCUT2D eigenvalue weighted by molar-refractivity contribution is 0.0951. The highest BCUT2D eigenvalue weighted by atomic mass is 19.1. The first-order chi connectivity index (χ1) is 14.6. The van der Waals surface area contributed by atoms with Crippen LogP contribution >= 0.6 is 0 Å². The molecule has 0 radical (unpaired) electrons. The molecule has 0 aliphatic heterocycles. The van der Waals surface area contributed by atoms with Gasteiger partial charge in [-0.3, -0.25) is 4.79 Å². The molecule has 0 fully saturated rings. The molecule has 0 saturated heterocycles. The molecule has 4 aromatic rings. The molecule has 1 amide bonds. The highest BCUT2D eigenvalue weighted by Crippen LogP contribution is 2.25. The maximum atomic E-state index is 13.1. The third-order valence-electron chi connectivity index (χ3n) is 4.52. The maximum Gasteiger partial charge on any atom is 0.259 e. The summed E-state index contributed by atoms with van der Waals surface area (Å²) in [5, 5.41) is 6.85. The summed E-state index contributed by atoms with van der Waals surface area (Å²) in [6.07, 6.45) is 0. The number of hydrogen-bond donors (Lipinski definition) is 1. The van der Waals surface area contributed by atoms with Crippen molar-refractivity contribution in [2.45, 2.75) is 6.54 Å². The lowest BCUT2D eigenvalue weighted by atomic mass is 10.1. The van der Waals surface area contributed by atoms with Crippen LogP contribution in [0.3, 0.4) is 0 Å². The first kappa shape index (κ1) is 19.3. The van der Waals surface area contributed by atoms with Crippen LogP contribution < -0.4 is 10.1 Å². The summed E-state index contributed by atoms with van der Waals surface area (Å²) < 4.78 is 23.7. The average molecular weight is 403 g/mol. The van der Waals surface area contributed by atoms with Crippen molar-refractivity contribution in [3.05, 3.63) is 89.7 Å². The topological polar surface area (TPSA) is 77.2 Å². The van der Waals surface area contributed by atoms with Crippen molar-refractivity contribution < 1.29 is 18.4 Å². The normalized spacial score (nSPS) is 10.6. The third kappa shape index (κ3) is 4.20. The van der Waals surface area contributed by atoms with E-state index in [9.17, 15) is 9.18 Å². The van der Waals surface area contributed by atoms with Crippen molar-refractivity contribution in [2.75, 3.05) is 7.11 Å². The van der Waals surface area contributed by atoms with Gasteiger partial charge < -0.3 is 14.6 Å². The van der Waals surface area contributed by atoms with E-state index < -0.39 is 0 Å². The van der Waals surface area contributed by atoms with E-state index in [1.165, 1.54) is 12.1 Å². The fourth-order valence-electron chi connectivity index (χ4n) is 2.98. The molecule has 0 aliphatic carbocycles. The van der Waals surface area contributed by atoms with Gasteiger partial charge in [-0.15, -0.1) is 0 Å². The van der Waals surface area contributed by atoms with Gasteiger partial charge in [-0.1, -0.05) is 29.4 Å². The van der Waals surface area contributed by atoms with Gasteiger partial charge in [-0.05, 0) is 54.1 Å². The molecule has 0 atom stereocenters. The summed E-state index contributed by atoms with van der Waals surface area (Å²) in [7, 11) is 1.60. The van der Waals surface area contributed by atoms with Crippen molar-refractivity contribution >= 4 is 5.91 Å². The first-order valence-corrected chi connectivity index (χ1v) is 9.24. The molecule has 1 aromatic heterocycles. The van der Waals surface area contributed by atoms with Crippen LogP contribution in [-0.2, 0) is 6.54 Å². The van der Waals surface area contributed by atoms with Crippen LogP contribution in [0.2, 0.25) is 0 Å². The van der Waals surface area contributed by atoms with Gasteiger partial charge in [0.15, 0.2) is 0 Å². The Bertz CT molecular complexity index is 1170. The molecule has 1 heterocycles. The van der Waals surface area contributed by atoms with Gasteiger partial charge in [0.2, 0.25) is 5.82 Å². The van der Waals surface area contributed by atoms with Gasteiger partial charge in [-0.25, -0.2) is 4.39 Å². The SMILES string of the molecule is COc1cccc(CNC(=O)c2ccccc2-c2nc(-c3ccc(F)cc3)no2)c1. The predicted molar refractivity (Wildman–Crippen MR) is 109 cm³/mol. The zero-order chi connectivity index (χ0) is 20.9. The molecule has 0 aliphatic rings. The van der Waals surface area contributed by atoms with E-state index in [-0.39, 0.29) is 17.6 Å². The van der Waals surface area contributed by atoms with Gasteiger partial charge in [0.05, 0.1) is 18.2 Å². The van der Waals surface area contributed by atoms with E-state index in [4.69, 9.17) is 9.26 Å². The number of amides is 1. The van der Waals surface area contributed by atoms with Gasteiger partial charge in [0, 0.05) is 12.1 Å². The molecule has 0 unspecified atom stereocenters. The highest BCUT2D eigenvalue weighted by Gasteiger charge is 2.18. The van der Waals surface area contributed by atoms with Crippen LogP contribution in [0.4, 0.5) is 4.39 Å². The third-order valence-corrected chi connectivity index (χ3v) is 4.52. The molecule has 150 valence electrons. The number of carbonyl (C=O) groups excluding carboxylic acids is 1. The minimum absolute atomic E-state index is 0.210. The first-order valence-electron chi connectivity index (χ1n) is 9.24. The minimum atomic E-state index is -0.347. The van der Waals surface area contributed by atoms with Crippen LogP contribution in [0.1, 0.15) is 15.9 Å². The Labute approximate surface area is 172 Å². The Kier molecular flexibility index (Phi) is 5.52. The van der Waals surface area contributed by atoms with Crippen molar-refractivity contribution in [1.82, 2.24) is 15.5 Å². The molecular weight excluding hydrogens is 385 g/mol. The highest BCUT2D eigenvalue weighted by molar-refractivity contribution is 6.00. The van der Waals surface area contributed by atoms with E-state index in [0.717, 1.165) is 11.3 Å². The molecule has 0 bridgehead atoms. The van der Waals surface area contributed by atoms with Crippen LogP contribution in [0, 0.1) is 5.82 Å². The lowest BCUT2D eigenvalue weighted by Gasteiger charge is -2.09. The second-order valence-electron chi connectivity index (χ2n) is 6.51. The van der Waals surface area contributed by atoms with Crippen molar-refractivity contribution in [2.24, 2.45) is 0 Å². The second kappa shape index (κ2) is 8.57. The van der Waals surface area contributed by atoms with Gasteiger partial charge in [0.1, 0.15) is 11.6 Å². The number of rotatable bonds is 6. The molecule has 0 saturated carbocycles. The van der Waals surface area contributed by atoms with Gasteiger partial charge in [-0.2, -0.15) is 4.98 Å². The Hall–Kier alpha value is -4.00. The summed E-state index contributed by atoms with van der Waals surface area (Å²) in [6.45, 7) is 0.342. The maximum absolute atomic E-state index is 13.1. The van der Waals surface area contributed by atoms with E-state index in [2.05, 4.69) is 15.5 Å². The second-order valence-corrected chi connectivity index (χ2v) is 6.51. The number of benzene rings is 3. The number of methoxy groups -OCH3 is 1. The number of carbonyl (C=O) groups is 1. The average Bonchev–Trinajstić information content (AvgIpc) is 3.28.